The first-order chi connectivity index (χ1) is 12.4. The van der Waals surface area contributed by atoms with E-state index in [0.29, 0.717) is 18.2 Å². The van der Waals surface area contributed by atoms with Crippen molar-refractivity contribution in [1.82, 2.24) is 9.78 Å². The molecule has 1 aromatic carbocycles. The van der Waals surface area contributed by atoms with E-state index < -0.39 is 39.7 Å². The number of anilines is 1. The molecule has 0 spiro atoms. The Morgan fingerprint density at radius 2 is 1.93 bits per heavy atom. The second-order valence-corrected chi connectivity index (χ2v) is 6.72. The maximum Gasteiger partial charge on any atom is 0.419 e. The van der Waals surface area contributed by atoms with Gasteiger partial charge in [-0.1, -0.05) is 17.7 Å². The van der Waals surface area contributed by atoms with Gasteiger partial charge in [0.25, 0.3) is 0 Å². The fraction of sp³-hybridized carbons (Fsp3) is 0.200. The molecule has 3 rings (SSSR count). The van der Waals surface area contributed by atoms with Crippen molar-refractivity contribution in [3.05, 3.63) is 51.1 Å². The molecule has 2 heterocycles. The highest BCUT2D eigenvalue weighted by molar-refractivity contribution is 9.10. The molecule has 4 nitrogen and oxygen atoms in total. The molecule has 2 aromatic rings. The summed E-state index contributed by atoms with van der Waals surface area (Å²) in [6.07, 6.45) is -9.57. The molecule has 1 aromatic heterocycles. The number of benzene rings is 1. The van der Waals surface area contributed by atoms with Gasteiger partial charge in [-0.05, 0) is 28.1 Å². The molecule has 27 heavy (non-hydrogen) atoms. The highest BCUT2D eigenvalue weighted by Gasteiger charge is 2.58. The lowest BCUT2D eigenvalue weighted by molar-refractivity contribution is -0.169. The highest BCUT2D eigenvalue weighted by atomic mass is 79.9. The van der Waals surface area contributed by atoms with Crippen molar-refractivity contribution >= 4 is 33.3 Å². The molecule has 12 heteroatoms. The highest BCUT2D eigenvalue weighted by Crippen LogP contribution is 2.52. The smallest absolute Gasteiger partial charge is 0.348 e. The summed E-state index contributed by atoms with van der Waals surface area (Å²) in [6.45, 7) is 3.16. The summed E-state index contributed by atoms with van der Waals surface area (Å²) in [5, 5.41) is 14.4. The van der Waals surface area contributed by atoms with Crippen LogP contribution in [0.15, 0.2) is 29.3 Å². The second kappa shape index (κ2) is 5.90. The minimum Gasteiger partial charge on any atom is -0.348 e. The minimum absolute atomic E-state index is 0.0953. The molecule has 1 aliphatic rings. The van der Waals surface area contributed by atoms with Gasteiger partial charge in [0.05, 0.1) is 20.7 Å². The summed E-state index contributed by atoms with van der Waals surface area (Å²) in [5.41, 5.74) is -5.99. The number of hydrogen-bond donors (Lipinski definition) is 1. The molecule has 0 fully saturated rings. The molecule has 142 valence electrons. The van der Waals surface area contributed by atoms with Crippen molar-refractivity contribution in [3.8, 4) is 11.8 Å². The standard InChI is InChI=1S/C15H6BrClF6N4/c1-2-13(15(21,22)23)7-3-6(14(18,19)20)4-8(17)11(7)27-12(25-13)10(16)9(5-24)26-27/h2-4,25H,1H2. The van der Waals surface area contributed by atoms with Crippen LogP contribution in [-0.2, 0) is 11.7 Å². The number of rotatable bonds is 1. The molecule has 1 aliphatic heterocycles. The Hall–Kier alpha value is -2.19. The molecular formula is C15H6BrClF6N4. The Bertz CT molecular complexity index is 1000. The summed E-state index contributed by atoms with van der Waals surface area (Å²) in [5.74, 6) is -0.294. The third kappa shape index (κ3) is 2.70. The van der Waals surface area contributed by atoms with Crippen LogP contribution in [0.5, 0.6) is 0 Å². The molecule has 0 bridgehead atoms. The SMILES string of the molecule is C=CC1(C(F)(F)F)Nc2c(Br)c(C#N)nn2-c2c(Cl)cc(C(F)(F)F)cc21. The van der Waals surface area contributed by atoms with E-state index in [1.807, 2.05) is 0 Å². The average molecular weight is 472 g/mol. The number of nitriles is 1. The summed E-state index contributed by atoms with van der Waals surface area (Å²) >= 11 is 8.91. The van der Waals surface area contributed by atoms with Crippen LogP contribution in [0.2, 0.25) is 5.02 Å². The Morgan fingerprint density at radius 3 is 2.41 bits per heavy atom. The fourth-order valence-electron chi connectivity index (χ4n) is 2.77. The van der Waals surface area contributed by atoms with Crippen molar-refractivity contribution in [3.63, 3.8) is 0 Å². The third-order valence-electron chi connectivity index (χ3n) is 4.03. The van der Waals surface area contributed by atoms with E-state index in [1.54, 1.807) is 6.07 Å². The molecule has 0 radical (unpaired) electrons. The predicted octanol–water partition coefficient (Wildman–Crippen LogP) is 5.55. The maximum absolute atomic E-state index is 14.0. The van der Waals surface area contributed by atoms with E-state index in [4.69, 9.17) is 16.9 Å². The number of hydrogen-bond acceptors (Lipinski definition) is 3. The number of nitrogens with zero attached hydrogens (tertiary/aromatic N) is 3. The van der Waals surface area contributed by atoms with Gasteiger partial charge >= 0.3 is 12.4 Å². The second-order valence-electron chi connectivity index (χ2n) is 5.52. The minimum atomic E-state index is -5.08. The quantitative estimate of drug-likeness (QED) is 0.438. The van der Waals surface area contributed by atoms with Gasteiger partial charge < -0.3 is 5.32 Å². The first-order valence-electron chi connectivity index (χ1n) is 6.96. The van der Waals surface area contributed by atoms with Gasteiger partial charge in [-0.3, -0.25) is 0 Å². The van der Waals surface area contributed by atoms with Crippen LogP contribution in [0.3, 0.4) is 0 Å². The van der Waals surface area contributed by atoms with E-state index in [1.165, 1.54) is 0 Å². The molecule has 0 saturated heterocycles. The van der Waals surface area contributed by atoms with Gasteiger partial charge in [-0.25, -0.2) is 4.68 Å². The first-order valence-corrected chi connectivity index (χ1v) is 8.13. The number of aromatic nitrogens is 2. The number of nitrogens with one attached hydrogen (secondary N) is 1. The topological polar surface area (TPSA) is 53.6 Å². The zero-order chi connectivity index (χ0) is 20.4. The number of halogens is 8. The molecular weight excluding hydrogens is 466 g/mol. The molecule has 1 N–H and O–H groups in total. The van der Waals surface area contributed by atoms with Crippen LogP contribution in [0, 0.1) is 11.3 Å². The van der Waals surface area contributed by atoms with Crippen molar-refractivity contribution in [1.29, 1.82) is 5.26 Å². The monoisotopic (exact) mass is 470 g/mol. The van der Waals surface area contributed by atoms with Gasteiger partial charge in [0.2, 0.25) is 0 Å². The van der Waals surface area contributed by atoms with E-state index in [2.05, 4.69) is 32.9 Å². The Balaban J connectivity index is 2.49. The average Bonchev–Trinajstić information content (AvgIpc) is 2.87. The van der Waals surface area contributed by atoms with Crippen LogP contribution in [0.4, 0.5) is 32.2 Å². The zero-order valence-corrected chi connectivity index (χ0v) is 15.1. The summed E-state index contributed by atoms with van der Waals surface area (Å²) < 4.78 is 82.2. The van der Waals surface area contributed by atoms with Crippen molar-refractivity contribution in [2.45, 2.75) is 17.9 Å². The van der Waals surface area contributed by atoms with Gasteiger partial charge in [0, 0.05) is 5.56 Å². The largest absolute Gasteiger partial charge is 0.419 e. The van der Waals surface area contributed by atoms with Crippen LogP contribution >= 0.6 is 27.5 Å². The Morgan fingerprint density at radius 1 is 1.30 bits per heavy atom. The van der Waals surface area contributed by atoms with E-state index in [-0.39, 0.29) is 16.0 Å². The molecule has 1 unspecified atom stereocenters. The van der Waals surface area contributed by atoms with Crippen molar-refractivity contribution < 1.29 is 26.3 Å². The van der Waals surface area contributed by atoms with Crippen LogP contribution in [-0.4, -0.2) is 16.0 Å². The van der Waals surface area contributed by atoms with E-state index >= 15 is 0 Å². The molecule has 1 atom stereocenters. The summed E-state index contributed by atoms with van der Waals surface area (Å²) in [4.78, 5) is 0. The number of alkyl halides is 6. The molecule has 0 saturated carbocycles. The van der Waals surface area contributed by atoms with E-state index in [0.717, 1.165) is 4.68 Å². The van der Waals surface area contributed by atoms with Gasteiger partial charge in [0.15, 0.2) is 11.2 Å². The third-order valence-corrected chi connectivity index (χ3v) is 5.07. The van der Waals surface area contributed by atoms with Crippen LogP contribution in [0.25, 0.3) is 5.69 Å². The first kappa shape index (κ1) is 19.6. The van der Waals surface area contributed by atoms with Crippen molar-refractivity contribution in [2.75, 3.05) is 5.32 Å². The number of fused-ring (bicyclic) bond motifs is 3. The zero-order valence-electron chi connectivity index (χ0n) is 12.8. The van der Waals surface area contributed by atoms with Gasteiger partial charge in [-0.15, -0.1) is 6.58 Å². The normalized spacial score (nSPS) is 18.9. The molecule has 0 aliphatic carbocycles. The van der Waals surface area contributed by atoms with Crippen LogP contribution in [0.1, 0.15) is 16.8 Å². The lowest BCUT2D eigenvalue weighted by Crippen LogP contribution is -2.50. The predicted molar refractivity (Wildman–Crippen MR) is 87.5 cm³/mol. The Labute approximate surface area is 161 Å². The summed E-state index contributed by atoms with van der Waals surface area (Å²) in [6, 6.07) is 2.52. The summed E-state index contributed by atoms with van der Waals surface area (Å²) in [7, 11) is 0. The fourth-order valence-corrected chi connectivity index (χ4v) is 3.51. The lowest BCUT2D eigenvalue weighted by atomic mass is 9.85. The molecule has 0 amide bonds. The van der Waals surface area contributed by atoms with Gasteiger partial charge in [-0.2, -0.15) is 36.7 Å². The van der Waals surface area contributed by atoms with E-state index in [9.17, 15) is 26.3 Å². The Kier molecular flexibility index (Phi) is 4.28. The lowest BCUT2D eigenvalue weighted by Gasteiger charge is -2.40. The van der Waals surface area contributed by atoms with Crippen molar-refractivity contribution in [2.24, 2.45) is 0 Å². The maximum atomic E-state index is 14.0. The van der Waals surface area contributed by atoms with Gasteiger partial charge in [0.1, 0.15) is 11.9 Å². The van der Waals surface area contributed by atoms with Crippen LogP contribution < -0.4 is 5.32 Å².